The molecule has 25 heavy (non-hydrogen) atoms. The van der Waals surface area contributed by atoms with Crippen LogP contribution in [0.15, 0.2) is 53.0 Å². The van der Waals surface area contributed by atoms with Crippen molar-refractivity contribution in [2.45, 2.75) is 31.8 Å². The predicted octanol–water partition coefficient (Wildman–Crippen LogP) is 4.73. The van der Waals surface area contributed by atoms with Gasteiger partial charge in [0.05, 0.1) is 0 Å². The summed E-state index contributed by atoms with van der Waals surface area (Å²) in [6.07, 6.45) is 3.77. The summed E-state index contributed by atoms with van der Waals surface area (Å²) in [6, 6.07) is 16.3. The molecule has 1 fully saturated rings. The normalized spacial score (nSPS) is 17.9. The van der Waals surface area contributed by atoms with Gasteiger partial charge in [0.1, 0.15) is 18.0 Å². The Morgan fingerprint density at radius 3 is 2.12 bits per heavy atom. The summed E-state index contributed by atoms with van der Waals surface area (Å²) in [4.78, 5) is 2.34. The number of β-amino-alcohol motifs (C(OH)–C–C–N with tert-alkyl or cyclic N) is 1. The van der Waals surface area contributed by atoms with Crippen LogP contribution >= 0.6 is 15.9 Å². The predicted molar refractivity (Wildman–Crippen MR) is 106 cm³/mol. The van der Waals surface area contributed by atoms with Crippen LogP contribution in [0.5, 0.6) is 5.75 Å². The van der Waals surface area contributed by atoms with Crippen molar-refractivity contribution >= 4 is 15.9 Å². The van der Waals surface area contributed by atoms with Crippen LogP contribution in [-0.2, 0) is 0 Å². The van der Waals surface area contributed by atoms with E-state index in [2.05, 4.69) is 45.1 Å². The second-order valence-corrected chi connectivity index (χ2v) is 8.07. The van der Waals surface area contributed by atoms with Gasteiger partial charge in [0.15, 0.2) is 0 Å². The Kier molecular flexibility index (Phi) is 6.15. The van der Waals surface area contributed by atoms with E-state index in [1.807, 2.05) is 31.2 Å². The molecule has 1 heterocycles. The van der Waals surface area contributed by atoms with Gasteiger partial charge < -0.3 is 14.7 Å². The van der Waals surface area contributed by atoms with Gasteiger partial charge in [-0.3, -0.25) is 0 Å². The number of ether oxygens (including phenoxy) is 1. The van der Waals surface area contributed by atoms with Gasteiger partial charge in [-0.2, -0.15) is 0 Å². The molecule has 3 rings (SSSR count). The third-order valence-corrected chi connectivity index (χ3v) is 5.12. The van der Waals surface area contributed by atoms with Crippen molar-refractivity contribution in [2.24, 2.45) is 0 Å². The molecule has 0 radical (unpaired) electrons. The molecule has 1 N–H and O–H groups in total. The van der Waals surface area contributed by atoms with Crippen LogP contribution in [-0.4, -0.2) is 41.8 Å². The molecular formula is C21H26BrNO2. The van der Waals surface area contributed by atoms with E-state index in [4.69, 9.17) is 4.74 Å². The van der Waals surface area contributed by atoms with Gasteiger partial charge in [0.25, 0.3) is 0 Å². The second kappa shape index (κ2) is 8.35. The lowest BCUT2D eigenvalue weighted by molar-refractivity contribution is -0.0210. The van der Waals surface area contributed by atoms with Crippen LogP contribution in [0.2, 0.25) is 0 Å². The Bertz CT molecular complexity index is 661. The first kappa shape index (κ1) is 18.4. The molecule has 0 spiro atoms. The van der Waals surface area contributed by atoms with Crippen molar-refractivity contribution in [3.05, 3.63) is 53.0 Å². The van der Waals surface area contributed by atoms with Crippen LogP contribution in [0, 0.1) is 0 Å². The number of piperidine rings is 1. The summed E-state index contributed by atoms with van der Waals surface area (Å²) in [5, 5.41) is 10.6. The van der Waals surface area contributed by atoms with Gasteiger partial charge in [-0.1, -0.05) is 46.6 Å². The van der Waals surface area contributed by atoms with Crippen molar-refractivity contribution in [3.63, 3.8) is 0 Å². The fourth-order valence-corrected chi connectivity index (χ4v) is 3.53. The smallest absolute Gasteiger partial charge is 0.119 e. The number of aliphatic hydroxyl groups is 1. The average molecular weight is 404 g/mol. The Hall–Kier alpha value is -1.36. The molecule has 1 aliphatic rings. The van der Waals surface area contributed by atoms with E-state index >= 15 is 0 Å². The minimum absolute atomic E-state index is 0.307. The molecule has 1 unspecified atom stereocenters. The third kappa shape index (κ3) is 5.56. The van der Waals surface area contributed by atoms with Crippen molar-refractivity contribution in [1.82, 2.24) is 4.90 Å². The Balaban J connectivity index is 1.54. The molecule has 0 amide bonds. The van der Waals surface area contributed by atoms with Gasteiger partial charge in [-0.05, 0) is 68.2 Å². The SMILES string of the molecule is CC(O)(COc1ccc(-c2ccc(Br)cc2)cc1)CN1CCCCC1. The average Bonchev–Trinajstić information content (AvgIpc) is 2.62. The fraction of sp³-hybridized carbons (Fsp3) is 0.429. The van der Waals surface area contributed by atoms with Crippen molar-refractivity contribution in [2.75, 3.05) is 26.2 Å². The molecule has 0 aliphatic carbocycles. The van der Waals surface area contributed by atoms with Crippen LogP contribution < -0.4 is 4.74 Å². The van der Waals surface area contributed by atoms with Crippen molar-refractivity contribution < 1.29 is 9.84 Å². The van der Waals surface area contributed by atoms with E-state index in [0.29, 0.717) is 13.2 Å². The monoisotopic (exact) mass is 403 g/mol. The number of rotatable bonds is 6. The highest BCUT2D eigenvalue weighted by Gasteiger charge is 2.26. The molecule has 0 saturated carbocycles. The summed E-state index contributed by atoms with van der Waals surface area (Å²) < 4.78 is 6.91. The summed E-state index contributed by atoms with van der Waals surface area (Å²) in [5.41, 5.74) is 1.49. The highest BCUT2D eigenvalue weighted by atomic mass is 79.9. The summed E-state index contributed by atoms with van der Waals surface area (Å²) >= 11 is 3.46. The number of halogens is 1. The van der Waals surface area contributed by atoms with Crippen LogP contribution in [0.1, 0.15) is 26.2 Å². The van der Waals surface area contributed by atoms with E-state index in [1.165, 1.54) is 24.8 Å². The number of nitrogens with zero attached hydrogens (tertiary/aromatic N) is 1. The summed E-state index contributed by atoms with van der Waals surface area (Å²) in [6.45, 7) is 5.00. The standard InChI is InChI=1S/C21H26BrNO2/c1-21(24,15-23-13-3-2-4-14-23)16-25-20-11-7-18(8-12-20)17-5-9-19(22)10-6-17/h5-12,24H,2-4,13-16H2,1H3. The summed E-state index contributed by atoms with van der Waals surface area (Å²) in [7, 11) is 0. The minimum Gasteiger partial charge on any atom is -0.491 e. The number of benzene rings is 2. The largest absolute Gasteiger partial charge is 0.491 e. The first-order valence-electron chi connectivity index (χ1n) is 8.95. The topological polar surface area (TPSA) is 32.7 Å². The van der Waals surface area contributed by atoms with E-state index < -0.39 is 5.60 Å². The molecule has 134 valence electrons. The lowest BCUT2D eigenvalue weighted by atomic mass is 10.0. The molecule has 0 aromatic heterocycles. The molecular weight excluding hydrogens is 378 g/mol. The second-order valence-electron chi connectivity index (χ2n) is 7.15. The zero-order valence-electron chi connectivity index (χ0n) is 14.7. The molecule has 1 saturated heterocycles. The Labute approximate surface area is 158 Å². The van der Waals surface area contributed by atoms with E-state index in [-0.39, 0.29) is 0 Å². The van der Waals surface area contributed by atoms with Crippen LogP contribution in [0.3, 0.4) is 0 Å². The molecule has 1 aliphatic heterocycles. The maximum atomic E-state index is 10.6. The van der Waals surface area contributed by atoms with E-state index in [1.54, 1.807) is 0 Å². The van der Waals surface area contributed by atoms with Gasteiger partial charge in [0.2, 0.25) is 0 Å². The molecule has 2 aromatic rings. The maximum absolute atomic E-state index is 10.6. The van der Waals surface area contributed by atoms with Gasteiger partial charge in [-0.25, -0.2) is 0 Å². The highest BCUT2D eigenvalue weighted by Crippen LogP contribution is 2.24. The fourth-order valence-electron chi connectivity index (χ4n) is 3.27. The van der Waals surface area contributed by atoms with Crippen molar-refractivity contribution in [3.8, 4) is 16.9 Å². The lowest BCUT2D eigenvalue weighted by Gasteiger charge is -2.33. The number of hydrogen-bond donors (Lipinski definition) is 1. The quantitative estimate of drug-likeness (QED) is 0.756. The lowest BCUT2D eigenvalue weighted by Crippen LogP contribution is -2.46. The maximum Gasteiger partial charge on any atom is 0.119 e. The van der Waals surface area contributed by atoms with E-state index in [0.717, 1.165) is 28.9 Å². The molecule has 0 bridgehead atoms. The number of hydrogen-bond acceptors (Lipinski definition) is 3. The molecule has 1 atom stereocenters. The zero-order chi connectivity index (χ0) is 17.7. The summed E-state index contributed by atoms with van der Waals surface area (Å²) in [5.74, 6) is 0.791. The van der Waals surface area contributed by atoms with Gasteiger partial charge in [-0.15, -0.1) is 0 Å². The molecule has 2 aromatic carbocycles. The van der Waals surface area contributed by atoms with Gasteiger partial charge in [0, 0.05) is 11.0 Å². The third-order valence-electron chi connectivity index (χ3n) is 4.59. The first-order chi connectivity index (χ1) is 12.0. The number of likely N-dealkylation sites (tertiary alicyclic amines) is 1. The van der Waals surface area contributed by atoms with Crippen molar-refractivity contribution in [1.29, 1.82) is 0 Å². The minimum atomic E-state index is -0.832. The van der Waals surface area contributed by atoms with Gasteiger partial charge >= 0.3 is 0 Å². The molecule has 3 nitrogen and oxygen atoms in total. The van der Waals surface area contributed by atoms with E-state index in [9.17, 15) is 5.11 Å². The highest BCUT2D eigenvalue weighted by molar-refractivity contribution is 9.10. The zero-order valence-corrected chi connectivity index (χ0v) is 16.3. The van der Waals surface area contributed by atoms with Crippen LogP contribution in [0.25, 0.3) is 11.1 Å². The Morgan fingerprint density at radius 2 is 1.52 bits per heavy atom. The van der Waals surface area contributed by atoms with Crippen LogP contribution in [0.4, 0.5) is 0 Å². The first-order valence-corrected chi connectivity index (χ1v) is 9.75. The molecule has 4 heteroatoms. The Morgan fingerprint density at radius 1 is 0.960 bits per heavy atom.